The van der Waals surface area contributed by atoms with Crippen LogP contribution in [0.3, 0.4) is 0 Å². The Morgan fingerprint density at radius 3 is 2.64 bits per heavy atom. The summed E-state index contributed by atoms with van der Waals surface area (Å²) in [5.74, 6) is 0.766. The van der Waals surface area contributed by atoms with Gasteiger partial charge in [-0.15, -0.1) is 0 Å². The van der Waals surface area contributed by atoms with E-state index in [4.69, 9.17) is 0 Å². The van der Waals surface area contributed by atoms with Crippen LogP contribution in [0.2, 0.25) is 0 Å². The number of amides is 1. The lowest BCUT2D eigenvalue weighted by Crippen LogP contribution is -2.35. The van der Waals surface area contributed by atoms with Gasteiger partial charge in [0.2, 0.25) is 5.91 Å². The molecule has 2 fully saturated rings. The van der Waals surface area contributed by atoms with Gasteiger partial charge in [-0.3, -0.25) is 4.79 Å². The first-order chi connectivity index (χ1) is 10.7. The lowest BCUT2D eigenvalue weighted by molar-refractivity contribution is -0.132. The monoisotopic (exact) mass is 304 g/mol. The summed E-state index contributed by atoms with van der Waals surface area (Å²) in [5, 5.41) is 3.36. The molecule has 1 aromatic rings. The van der Waals surface area contributed by atoms with Gasteiger partial charge >= 0.3 is 0 Å². The maximum absolute atomic E-state index is 12.9. The molecule has 1 aromatic carbocycles. The standard InChI is InChI=1S/C18H25FN2O/c19-16-4-1-14(2-5-16)10-12-21(17-6-7-17)18(22)8-3-15-9-11-20-13-15/h1-2,4-5,15,17,20H,3,6-13H2. The number of rotatable bonds is 7. The van der Waals surface area contributed by atoms with E-state index in [0.717, 1.165) is 50.9 Å². The smallest absolute Gasteiger partial charge is 0.222 e. The Labute approximate surface area is 131 Å². The predicted octanol–water partition coefficient (Wildman–Crippen LogP) is 2.75. The molecule has 4 heteroatoms. The van der Waals surface area contributed by atoms with Gasteiger partial charge in [-0.1, -0.05) is 12.1 Å². The number of hydrogen-bond acceptors (Lipinski definition) is 2. The molecular formula is C18H25FN2O. The Kier molecular flexibility index (Phi) is 5.08. The Morgan fingerprint density at radius 1 is 1.23 bits per heavy atom. The molecule has 1 atom stereocenters. The first-order valence-electron chi connectivity index (χ1n) is 8.47. The van der Waals surface area contributed by atoms with E-state index in [0.29, 0.717) is 24.3 Å². The van der Waals surface area contributed by atoms with E-state index in [1.807, 2.05) is 12.1 Å². The third-order valence-corrected chi connectivity index (χ3v) is 4.79. The topological polar surface area (TPSA) is 32.3 Å². The van der Waals surface area contributed by atoms with Crippen LogP contribution in [0, 0.1) is 11.7 Å². The molecule has 1 saturated carbocycles. The number of carbonyl (C=O) groups excluding carboxylic acids is 1. The van der Waals surface area contributed by atoms with Gasteiger partial charge in [0, 0.05) is 19.0 Å². The lowest BCUT2D eigenvalue weighted by Gasteiger charge is -2.23. The summed E-state index contributed by atoms with van der Waals surface area (Å²) in [6.07, 6.45) is 5.97. The highest BCUT2D eigenvalue weighted by Gasteiger charge is 2.32. The van der Waals surface area contributed by atoms with E-state index in [-0.39, 0.29) is 5.82 Å². The van der Waals surface area contributed by atoms with Gasteiger partial charge < -0.3 is 10.2 Å². The number of halogens is 1. The van der Waals surface area contributed by atoms with Crippen LogP contribution in [0.25, 0.3) is 0 Å². The van der Waals surface area contributed by atoms with Crippen molar-refractivity contribution in [3.8, 4) is 0 Å². The highest BCUT2D eigenvalue weighted by Crippen LogP contribution is 2.28. The molecule has 3 rings (SSSR count). The molecule has 1 aliphatic heterocycles. The second-order valence-corrected chi connectivity index (χ2v) is 6.59. The van der Waals surface area contributed by atoms with Crippen LogP contribution in [-0.2, 0) is 11.2 Å². The van der Waals surface area contributed by atoms with Crippen LogP contribution in [0.4, 0.5) is 4.39 Å². The van der Waals surface area contributed by atoms with E-state index in [2.05, 4.69) is 10.2 Å². The molecule has 22 heavy (non-hydrogen) atoms. The molecule has 0 spiro atoms. The Bertz CT molecular complexity index is 492. The molecule has 1 N–H and O–H groups in total. The zero-order valence-corrected chi connectivity index (χ0v) is 13.1. The molecule has 1 heterocycles. The van der Waals surface area contributed by atoms with E-state index in [1.54, 1.807) is 0 Å². The van der Waals surface area contributed by atoms with Crippen molar-refractivity contribution in [2.75, 3.05) is 19.6 Å². The zero-order chi connectivity index (χ0) is 15.4. The SMILES string of the molecule is O=C(CCC1CCNC1)N(CCc1ccc(F)cc1)C1CC1. The molecule has 1 unspecified atom stereocenters. The van der Waals surface area contributed by atoms with Crippen molar-refractivity contribution < 1.29 is 9.18 Å². The van der Waals surface area contributed by atoms with Crippen LogP contribution >= 0.6 is 0 Å². The molecule has 3 nitrogen and oxygen atoms in total. The third kappa shape index (κ3) is 4.29. The highest BCUT2D eigenvalue weighted by molar-refractivity contribution is 5.76. The van der Waals surface area contributed by atoms with Gasteiger partial charge in [0.05, 0.1) is 0 Å². The largest absolute Gasteiger partial charge is 0.339 e. The molecule has 2 aliphatic rings. The van der Waals surface area contributed by atoms with Crippen LogP contribution in [0.1, 0.15) is 37.7 Å². The van der Waals surface area contributed by atoms with Crippen molar-refractivity contribution in [2.45, 2.75) is 44.6 Å². The minimum absolute atomic E-state index is 0.205. The fourth-order valence-corrected chi connectivity index (χ4v) is 3.23. The summed E-state index contributed by atoms with van der Waals surface area (Å²) in [6.45, 7) is 2.92. The second-order valence-electron chi connectivity index (χ2n) is 6.59. The maximum Gasteiger partial charge on any atom is 0.222 e. The van der Waals surface area contributed by atoms with Crippen LogP contribution in [0.5, 0.6) is 0 Å². The molecule has 1 amide bonds. The lowest BCUT2D eigenvalue weighted by atomic mass is 10.0. The Balaban J connectivity index is 1.48. The third-order valence-electron chi connectivity index (χ3n) is 4.79. The number of benzene rings is 1. The van der Waals surface area contributed by atoms with Crippen molar-refractivity contribution in [1.29, 1.82) is 0 Å². The summed E-state index contributed by atoms with van der Waals surface area (Å²) >= 11 is 0. The van der Waals surface area contributed by atoms with Gasteiger partial charge in [-0.25, -0.2) is 4.39 Å². The van der Waals surface area contributed by atoms with Crippen LogP contribution in [0.15, 0.2) is 24.3 Å². The molecule has 120 valence electrons. The molecule has 0 bridgehead atoms. The van der Waals surface area contributed by atoms with E-state index in [9.17, 15) is 9.18 Å². The molecule has 1 aliphatic carbocycles. The predicted molar refractivity (Wildman–Crippen MR) is 85.0 cm³/mol. The fraction of sp³-hybridized carbons (Fsp3) is 0.611. The quantitative estimate of drug-likeness (QED) is 0.840. The highest BCUT2D eigenvalue weighted by atomic mass is 19.1. The zero-order valence-electron chi connectivity index (χ0n) is 13.1. The summed E-state index contributed by atoms with van der Waals surface area (Å²) in [6, 6.07) is 7.07. The number of carbonyl (C=O) groups is 1. The molecular weight excluding hydrogens is 279 g/mol. The maximum atomic E-state index is 12.9. The second kappa shape index (κ2) is 7.23. The van der Waals surface area contributed by atoms with Crippen molar-refractivity contribution in [2.24, 2.45) is 5.92 Å². The number of hydrogen-bond donors (Lipinski definition) is 1. The molecule has 0 aromatic heterocycles. The van der Waals surface area contributed by atoms with Gasteiger partial charge in [0.1, 0.15) is 5.82 Å². The van der Waals surface area contributed by atoms with Crippen molar-refractivity contribution in [3.63, 3.8) is 0 Å². The van der Waals surface area contributed by atoms with E-state index in [1.165, 1.54) is 18.6 Å². The normalized spacial score (nSPS) is 21.0. The Morgan fingerprint density at radius 2 is 2.00 bits per heavy atom. The number of nitrogens with one attached hydrogen (secondary N) is 1. The minimum Gasteiger partial charge on any atom is -0.339 e. The summed E-state index contributed by atoms with van der Waals surface area (Å²) < 4.78 is 12.9. The van der Waals surface area contributed by atoms with Crippen LogP contribution in [-0.4, -0.2) is 36.5 Å². The van der Waals surface area contributed by atoms with Gasteiger partial charge in [-0.2, -0.15) is 0 Å². The summed E-state index contributed by atoms with van der Waals surface area (Å²) in [5.41, 5.74) is 1.10. The number of nitrogens with zero attached hydrogens (tertiary/aromatic N) is 1. The van der Waals surface area contributed by atoms with E-state index < -0.39 is 0 Å². The summed E-state index contributed by atoms with van der Waals surface area (Å²) in [4.78, 5) is 14.6. The average Bonchev–Trinajstić information content (AvgIpc) is 3.22. The first-order valence-corrected chi connectivity index (χ1v) is 8.47. The first kappa shape index (κ1) is 15.5. The average molecular weight is 304 g/mol. The summed E-state index contributed by atoms with van der Waals surface area (Å²) in [7, 11) is 0. The van der Waals surface area contributed by atoms with Crippen molar-refractivity contribution in [1.82, 2.24) is 10.2 Å². The molecule has 0 radical (unpaired) electrons. The molecule has 1 saturated heterocycles. The van der Waals surface area contributed by atoms with Gasteiger partial charge in [0.25, 0.3) is 0 Å². The van der Waals surface area contributed by atoms with Crippen molar-refractivity contribution >= 4 is 5.91 Å². The minimum atomic E-state index is -0.205. The van der Waals surface area contributed by atoms with Crippen molar-refractivity contribution in [3.05, 3.63) is 35.6 Å². The van der Waals surface area contributed by atoms with Crippen LogP contribution < -0.4 is 5.32 Å². The Hall–Kier alpha value is -1.42. The van der Waals surface area contributed by atoms with Gasteiger partial charge in [0.15, 0.2) is 0 Å². The van der Waals surface area contributed by atoms with Gasteiger partial charge in [-0.05, 0) is 68.8 Å². The fourth-order valence-electron chi connectivity index (χ4n) is 3.23. The van der Waals surface area contributed by atoms with E-state index >= 15 is 0 Å².